The second-order valence-corrected chi connectivity index (χ2v) is 6.40. The number of hydrogen-bond donors (Lipinski definition) is 2. The molecule has 0 spiro atoms. The number of nitrogens with one attached hydrogen (secondary N) is 1. The summed E-state index contributed by atoms with van der Waals surface area (Å²) in [7, 11) is 1.63. The Hall–Kier alpha value is -1.63. The first-order valence-electron chi connectivity index (χ1n) is 6.94. The summed E-state index contributed by atoms with van der Waals surface area (Å²) in [6.07, 6.45) is 1.49. The molecular formula is C16H17BrClN3O2. The van der Waals surface area contributed by atoms with E-state index in [0.29, 0.717) is 10.8 Å². The molecule has 2 aromatic rings. The third-order valence-corrected chi connectivity index (χ3v) is 4.35. The van der Waals surface area contributed by atoms with Crippen molar-refractivity contribution < 1.29 is 9.90 Å². The van der Waals surface area contributed by atoms with Gasteiger partial charge in [0, 0.05) is 11.5 Å². The fourth-order valence-corrected chi connectivity index (χ4v) is 2.67. The number of aliphatic hydroxyl groups excluding tert-OH is 1. The second kappa shape index (κ2) is 7.77. The molecule has 5 nitrogen and oxygen atoms in total. The van der Waals surface area contributed by atoms with Crippen LogP contribution in [0.25, 0.3) is 0 Å². The predicted octanol–water partition coefficient (Wildman–Crippen LogP) is 4.00. The maximum atomic E-state index is 12.4. The minimum Gasteiger partial charge on any atom is -0.394 e. The topological polar surface area (TPSA) is 65.5 Å². The number of carbonyl (C=O) groups is 1. The summed E-state index contributed by atoms with van der Waals surface area (Å²) < 4.78 is 0.889. The lowest BCUT2D eigenvalue weighted by atomic mass is 10.1. The molecular weight excluding hydrogens is 382 g/mol. The van der Waals surface area contributed by atoms with E-state index >= 15 is 0 Å². The lowest BCUT2D eigenvalue weighted by Gasteiger charge is -2.27. The number of nitrogens with zero attached hydrogens (tertiary/aromatic N) is 2. The SMILES string of the molecule is Cc1cc(NC(=O)N(C)C(CO)c2cccc(Br)c2)cnc1Cl. The smallest absolute Gasteiger partial charge is 0.322 e. The third kappa shape index (κ3) is 4.43. The van der Waals surface area contributed by atoms with Crippen LogP contribution in [-0.2, 0) is 0 Å². The molecule has 1 atom stereocenters. The van der Waals surface area contributed by atoms with E-state index in [1.54, 1.807) is 13.1 Å². The average molecular weight is 399 g/mol. The van der Waals surface area contributed by atoms with Crippen molar-refractivity contribution in [2.45, 2.75) is 13.0 Å². The molecule has 2 amide bonds. The van der Waals surface area contributed by atoms with E-state index in [2.05, 4.69) is 26.2 Å². The van der Waals surface area contributed by atoms with E-state index < -0.39 is 6.04 Å². The molecule has 1 aromatic heterocycles. The van der Waals surface area contributed by atoms with Gasteiger partial charge in [-0.15, -0.1) is 0 Å². The Morgan fingerprint density at radius 3 is 2.83 bits per heavy atom. The van der Waals surface area contributed by atoms with Gasteiger partial charge in [0.05, 0.1) is 24.5 Å². The Morgan fingerprint density at radius 1 is 1.48 bits per heavy atom. The normalized spacial score (nSPS) is 11.9. The summed E-state index contributed by atoms with van der Waals surface area (Å²) in [4.78, 5) is 17.9. The molecule has 23 heavy (non-hydrogen) atoms. The van der Waals surface area contributed by atoms with Gasteiger partial charge in [-0.3, -0.25) is 0 Å². The standard InChI is InChI=1S/C16H17BrClN3O2/c1-10-6-13(8-19-15(10)18)20-16(23)21(2)14(9-22)11-4-3-5-12(17)7-11/h3-8,14,22H,9H2,1-2H3,(H,20,23). The van der Waals surface area contributed by atoms with Crippen LogP contribution in [0.1, 0.15) is 17.2 Å². The van der Waals surface area contributed by atoms with E-state index in [4.69, 9.17) is 11.6 Å². The highest BCUT2D eigenvalue weighted by atomic mass is 79.9. The summed E-state index contributed by atoms with van der Waals surface area (Å²) >= 11 is 9.27. The average Bonchev–Trinajstić information content (AvgIpc) is 2.51. The summed E-state index contributed by atoms with van der Waals surface area (Å²) in [5.74, 6) is 0. The summed E-state index contributed by atoms with van der Waals surface area (Å²) in [5.41, 5.74) is 2.16. The molecule has 122 valence electrons. The molecule has 7 heteroatoms. The molecule has 1 heterocycles. The number of anilines is 1. The molecule has 0 fully saturated rings. The van der Waals surface area contributed by atoms with Crippen molar-refractivity contribution >= 4 is 39.2 Å². The number of aryl methyl sites for hydroxylation is 1. The number of benzene rings is 1. The van der Waals surface area contributed by atoms with E-state index in [9.17, 15) is 9.90 Å². The number of urea groups is 1. The Morgan fingerprint density at radius 2 is 2.22 bits per heavy atom. The van der Waals surface area contributed by atoms with Crippen LogP contribution in [0.3, 0.4) is 0 Å². The third-order valence-electron chi connectivity index (χ3n) is 3.46. The van der Waals surface area contributed by atoms with Crippen molar-refractivity contribution in [3.63, 3.8) is 0 Å². The number of amides is 2. The quantitative estimate of drug-likeness (QED) is 0.765. The van der Waals surface area contributed by atoms with Crippen molar-refractivity contribution in [1.82, 2.24) is 9.88 Å². The van der Waals surface area contributed by atoms with E-state index in [-0.39, 0.29) is 12.6 Å². The molecule has 0 saturated heterocycles. The lowest BCUT2D eigenvalue weighted by Crippen LogP contribution is -2.36. The fraction of sp³-hybridized carbons (Fsp3) is 0.250. The number of likely N-dealkylation sites (N-methyl/N-ethyl adjacent to an activating group) is 1. The van der Waals surface area contributed by atoms with Crippen LogP contribution in [-0.4, -0.2) is 34.7 Å². The molecule has 0 aliphatic rings. The van der Waals surface area contributed by atoms with Gasteiger partial charge in [0.1, 0.15) is 5.15 Å². The van der Waals surface area contributed by atoms with Gasteiger partial charge in [0.25, 0.3) is 0 Å². The minimum atomic E-state index is -0.450. The molecule has 1 unspecified atom stereocenters. The van der Waals surface area contributed by atoms with Crippen LogP contribution in [0.5, 0.6) is 0 Å². The molecule has 0 saturated carbocycles. The van der Waals surface area contributed by atoms with Crippen molar-refractivity contribution in [3.05, 3.63) is 57.3 Å². The number of carbonyl (C=O) groups excluding carboxylic acids is 1. The number of rotatable bonds is 4. The van der Waals surface area contributed by atoms with Crippen LogP contribution in [0.15, 0.2) is 41.0 Å². The molecule has 0 aliphatic carbocycles. The Labute approximate surface area is 148 Å². The highest BCUT2D eigenvalue weighted by molar-refractivity contribution is 9.10. The van der Waals surface area contributed by atoms with Crippen molar-refractivity contribution in [2.75, 3.05) is 19.0 Å². The van der Waals surface area contributed by atoms with E-state index in [0.717, 1.165) is 15.6 Å². The van der Waals surface area contributed by atoms with Gasteiger partial charge in [-0.2, -0.15) is 0 Å². The van der Waals surface area contributed by atoms with Crippen LogP contribution in [0, 0.1) is 6.92 Å². The fourth-order valence-electron chi connectivity index (χ4n) is 2.15. The van der Waals surface area contributed by atoms with Crippen molar-refractivity contribution in [1.29, 1.82) is 0 Å². The molecule has 0 aliphatic heterocycles. The van der Waals surface area contributed by atoms with Crippen LogP contribution in [0.4, 0.5) is 10.5 Å². The number of halogens is 2. The number of aromatic nitrogens is 1. The largest absolute Gasteiger partial charge is 0.394 e. The molecule has 0 bridgehead atoms. The van der Waals surface area contributed by atoms with E-state index in [1.807, 2.05) is 31.2 Å². The van der Waals surface area contributed by atoms with Gasteiger partial charge in [0.15, 0.2) is 0 Å². The highest BCUT2D eigenvalue weighted by Crippen LogP contribution is 2.23. The summed E-state index contributed by atoms with van der Waals surface area (Å²) in [5, 5.41) is 12.8. The lowest BCUT2D eigenvalue weighted by molar-refractivity contribution is 0.159. The van der Waals surface area contributed by atoms with Gasteiger partial charge in [-0.05, 0) is 36.2 Å². The predicted molar refractivity (Wildman–Crippen MR) is 94.7 cm³/mol. The Balaban J connectivity index is 2.15. The number of aliphatic hydroxyl groups is 1. The minimum absolute atomic E-state index is 0.182. The zero-order chi connectivity index (χ0) is 17.0. The first-order chi connectivity index (χ1) is 10.9. The van der Waals surface area contributed by atoms with Gasteiger partial charge >= 0.3 is 6.03 Å². The second-order valence-electron chi connectivity index (χ2n) is 5.13. The van der Waals surface area contributed by atoms with E-state index in [1.165, 1.54) is 11.1 Å². The number of pyridine rings is 1. The molecule has 2 N–H and O–H groups in total. The van der Waals surface area contributed by atoms with Crippen LogP contribution >= 0.6 is 27.5 Å². The highest BCUT2D eigenvalue weighted by Gasteiger charge is 2.21. The van der Waals surface area contributed by atoms with Gasteiger partial charge in [-0.25, -0.2) is 9.78 Å². The monoisotopic (exact) mass is 397 g/mol. The maximum absolute atomic E-state index is 12.4. The summed E-state index contributed by atoms with van der Waals surface area (Å²) in [6.45, 7) is 1.63. The first-order valence-corrected chi connectivity index (χ1v) is 8.11. The van der Waals surface area contributed by atoms with Gasteiger partial charge in [0.2, 0.25) is 0 Å². The Bertz CT molecular complexity index is 711. The molecule has 2 rings (SSSR count). The van der Waals surface area contributed by atoms with Crippen LogP contribution < -0.4 is 5.32 Å². The van der Waals surface area contributed by atoms with Gasteiger partial charge < -0.3 is 15.3 Å². The van der Waals surface area contributed by atoms with Crippen molar-refractivity contribution in [3.8, 4) is 0 Å². The Kier molecular flexibility index (Phi) is 5.98. The first kappa shape index (κ1) is 17.7. The zero-order valence-electron chi connectivity index (χ0n) is 12.8. The molecule has 0 radical (unpaired) electrons. The maximum Gasteiger partial charge on any atom is 0.322 e. The van der Waals surface area contributed by atoms with Crippen LogP contribution in [0.2, 0.25) is 5.15 Å². The number of hydrogen-bond acceptors (Lipinski definition) is 3. The molecule has 1 aromatic carbocycles. The zero-order valence-corrected chi connectivity index (χ0v) is 15.1. The summed E-state index contributed by atoms with van der Waals surface area (Å²) in [6, 6.07) is 8.44. The van der Waals surface area contributed by atoms with Crippen molar-refractivity contribution in [2.24, 2.45) is 0 Å². The van der Waals surface area contributed by atoms with Gasteiger partial charge in [-0.1, -0.05) is 39.7 Å².